The quantitative estimate of drug-likeness (QED) is 0.762. The summed E-state index contributed by atoms with van der Waals surface area (Å²) in [4.78, 5) is 0. The number of benzene rings is 1. The van der Waals surface area contributed by atoms with Crippen LogP contribution < -0.4 is 5.32 Å². The third-order valence-electron chi connectivity index (χ3n) is 4.00. The van der Waals surface area contributed by atoms with E-state index in [1.54, 1.807) is 0 Å². The lowest BCUT2D eigenvalue weighted by Crippen LogP contribution is -2.60. The van der Waals surface area contributed by atoms with E-state index in [2.05, 4.69) is 29.6 Å². The van der Waals surface area contributed by atoms with Gasteiger partial charge in [-0.05, 0) is 5.56 Å². The van der Waals surface area contributed by atoms with Crippen molar-refractivity contribution in [2.45, 2.75) is 30.9 Å². The molecule has 0 radical (unpaired) electrons. The van der Waals surface area contributed by atoms with Gasteiger partial charge in [0.1, 0.15) is 12.2 Å². The Morgan fingerprint density at radius 3 is 2.56 bits per heavy atom. The van der Waals surface area contributed by atoms with Gasteiger partial charge < -0.3 is 14.8 Å². The van der Waals surface area contributed by atoms with Gasteiger partial charge in [-0.15, -0.1) is 0 Å². The highest BCUT2D eigenvalue weighted by Gasteiger charge is 2.69. The van der Waals surface area contributed by atoms with Gasteiger partial charge in [-0.3, -0.25) is 0 Å². The van der Waals surface area contributed by atoms with E-state index in [9.17, 15) is 0 Å². The highest BCUT2D eigenvalue weighted by Crippen LogP contribution is 2.50. The molecular formula is C13H15NO2. The summed E-state index contributed by atoms with van der Waals surface area (Å²) in [5.41, 5.74) is 1.25. The molecule has 4 atom stereocenters. The number of morpholine rings is 1. The number of fused-ring (bicyclic) bond motifs is 5. The fraction of sp³-hybridized carbons (Fsp3) is 0.538. The van der Waals surface area contributed by atoms with Crippen molar-refractivity contribution in [1.29, 1.82) is 0 Å². The molecule has 16 heavy (non-hydrogen) atoms. The van der Waals surface area contributed by atoms with Crippen LogP contribution in [0.15, 0.2) is 30.3 Å². The maximum atomic E-state index is 5.78. The SMILES string of the molecule is c1ccc(COCC2C3NC2C2OC32)cc1. The lowest BCUT2D eigenvalue weighted by Gasteiger charge is -2.39. The molecule has 1 aromatic rings. The average Bonchev–Trinajstić information content (AvgIpc) is 2.90. The summed E-state index contributed by atoms with van der Waals surface area (Å²) in [6, 6.07) is 11.5. The van der Waals surface area contributed by atoms with Gasteiger partial charge in [-0.2, -0.15) is 0 Å². The predicted octanol–water partition coefficient (Wildman–Crippen LogP) is 0.941. The Hall–Kier alpha value is -0.900. The minimum atomic E-state index is 0.510. The first kappa shape index (κ1) is 9.16. The summed E-state index contributed by atoms with van der Waals surface area (Å²) in [6.07, 6.45) is 1.02. The molecule has 1 N–H and O–H groups in total. The van der Waals surface area contributed by atoms with E-state index < -0.39 is 0 Å². The summed E-state index contributed by atoms with van der Waals surface area (Å²) < 4.78 is 11.3. The van der Waals surface area contributed by atoms with Crippen LogP contribution in [0.2, 0.25) is 0 Å². The molecule has 84 valence electrons. The Morgan fingerprint density at radius 1 is 1.12 bits per heavy atom. The monoisotopic (exact) mass is 217 g/mol. The second-order valence-corrected chi connectivity index (χ2v) is 4.95. The van der Waals surface area contributed by atoms with E-state index in [-0.39, 0.29) is 0 Å². The van der Waals surface area contributed by atoms with Crippen LogP contribution in [0.25, 0.3) is 0 Å². The van der Waals surface area contributed by atoms with E-state index in [0.717, 1.165) is 13.2 Å². The molecule has 0 aromatic heterocycles. The van der Waals surface area contributed by atoms with Crippen LogP contribution in [0.4, 0.5) is 0 Å². The van der Waals surface area contributed by atoms with Gasteiger partial charge in [0.25, 0.3) is 0 Å². The van der Waals surface area contributed by atoms with Gasteiger partial charge in [0.05, 0.1) is 13.2 Å². The molecule has 1 aliphatic carbocycles. The van der Waals surface area contributed by atoms with Crippen LogP contribution in [0.5, 0.6) is 0 Å². The summed E-state index contributed by atoms with van der Waals surface area (Å²) in [5.74, 6) is 0.687. The topological polar surface area (TPSA) is 33.8 Å². The summed E-state index contributed by atoms with van der Waals surface area (Å²) >= 11 is 0. The lowest BCUT2D eigenvalue weighted by atomic mass is 9.90. The molecule has 3 aliphatic rings. The lowest BCUT2D eigenvalue weighted by molar-refractivity contribution is 0.00103. The van der Waals surface area contributed by atoms with Gasteiger partial charge >= 0.3 is 0 Å². The average molecular weight is 217 g/mol. The van der Waals surface area contributed by atoms with Crippen molar-refractivity contribution in [3.8, 4) is 0 Å². The first-order valence-corrected chi connectivity index (χ1v) is 5.97. The summed E-state index contributed by atoms with van der Waals surface area (Å²) in [5, 5.41) is 3.51. The number of ether oxygens (including phenoxy) is 2. The Balaban J connectivity index is 1.29. The smallest absolute Gasteiger partial charge is 0.101 e. The molecule has 2 bridgehead atoms. The van der Waals surface area contributed by atoms with Crippen LogP contribution in [0.1, 0.15) is 5.56 Å². The minimum Gasteiger partial charge on any atom is -0.376 e. The van der Waals surface area contributed by atoms with E-state index in [4.69, 9.17) is 9.47 Å². The Labute approximate surface area is 94.7 Å². The van der Waals surface area contributed by atoms with Crippen molar-refractivity contribution in [3.05, 3.63) is 35.9 Å². The van der Waals surface area contributed by atoms with Crippen molar-refractivity contribution in [1.82, 2.24) is 5.32 Å². The molecule has 1 saturated carbocycles. The number of hydrogen-bond acceptors (Lipinski definition) is 3. The fourth-order valence-electron chi connectivity index (χ4n) is 3.06. The molecule has 3 fully saturated rings. The Bertz CT molecular complexity index is 380. The standard InChI is InChI=1S/C13H15NO2/c1-2-4-8(5-3-1)6-15-7-9-10-12-13(16-12)11(9)14-10/h1-5,9-14H,6-7H2. The fourth-order valence-corrected chi connectivity index (χ4v) is 3.06. The van der Waals surface area contributed by atoms with Crippen LogP contribution >= 0.6 is 0 Å². The first-order chi connectivity index (χ1) is 7.93. The van der Waals surface area contributed by atoms with E-state index in [1.807, 2.05) is 6.07 Å². The Kier molecular flexibility index (Phi) is 1.89. The van der Waals surface area contributed by atoms with E-state index in [0.29, 0.717) is 30.2 Å². The van der Waals surface area contributed by atoms with Gasteiger partial charge in [0.2, 0.25) is 0 Å². The van der Waals surface area contributed by atoms with Crippen molar-refractivity contribution in [3.63, 3.8) is 0 Å². The van der Waals surface area contributed by atoms with Crippen LogP contribution in [0.3, 0.4) is 0 Å². The van der Waals surface area contributed by atoms with Crippen molar-refractivity contribution in [2.24, 2.45) is 5.92 Å². The zero-order valence-corrected chi connectivity index (χ0v) is 9.00. The second kappa shape index (κ2) is 3.29. The highest BCUT2D eigenvalue weighted by molar-refractivity contribution is 5.23. The molecule has 2 saturated heterocycles. The molecule has 4 rings (SSSR count). The predicted molar refractivity (Wildman–Crippen MR) is 59.0 cm³/mol. The molecule has 3 nitrogen and oxygen atoms in total. The highest BCUT2D eigenvalue weighted by atomic mass is 16.6. The summed E-state index contributed by atoms with van der Waals surface area (Å²) in [6.45, 7) is 1.60. The zero-order valence-electron chi connectivity index (χ0n) is 9.00. The van der Waals surface area contributed by atoms with E-state index in [1.165, 1.54) is 5.56 Å². The molecule has 2 heterocycles. The van der Waals surface area contributed by atoms with E-state index >= 15 is 0 Å². The van der Waals surface area contributed by atoms with Crippen LogP contribution in [-0.4, -0.2) is 30.9 Å². The molecule has 4 unspecified atom stereocenters. The van der Waals surface area contributed by atoms with Gasteiger partial charge in [0, 0.05) is 18.0 Å². The molecular weight excluding hydrogens is 202 g/mol. The zero-order chi connectivity index (χ0) is 10.5. The number of nitrogens with one attached hydrogen (secondary N) is 1. The largest absolute Gasteiger partial charge is 0.376 e. The summed E-state index contributed by atoms with van der Waals surface area (Å²) in [7, 11) is 0. The van der Waals surface area contributed by atoms with Gasteiger partial charge in [0.15, 0.2) is 0 Å². The molecule has 3 heteroatoms. The molecule has 0 amide bonds. The maximum Gasteiger partial charge on any atom is 0.101 e. The maximum absolute atomic E-state index is 5.78. The van der Waals surface area contributed by atoms with Crippen LogP contribution in [-0.2, 0) is 16.1 Å². The first-order valence-electron chi connectivity index (χ1n) is 5.97. The molecule has 2 aliphatic heterocycles. The number of hydrogen-bond donors (Lipinski definition) is 1. The number of rotatable bonds is 4. The van der Waals surface area contributed by atoms with Crippen molar-refractivity contribution < 1.29 is 9.47 Å². The molecule has 1 aromatic carbocycles. The minimum absolute atomic E-state index is 0.510. The van der Waals surface area contributed by atoms with Gasteiger partial charge in [-0.25, -0.2) is 0 Å². The third-order valence-corrected chi connectivity index (χ3v) is 4.00. The van der Waals surface area contributed by atoms with Gasteiger partial charge in [-0.1, -0.05) is 30.3 Å². The normalized spacial score (nSPS) is 42.6. The Morgan fingerprint density at radius 2 is 1.88 bits per heavy atom. The van der Waals surface area contributed by atoms with Crippen LogP contribution in [0, 0.1) is 5.92 Å². The second-order valence-electron chi connectivity index (χ2n) is 4.95. The molecule has 0 spiro atoms. The van der Waals surface area contributed by atoms with Crippen molar-refractivity contribution >= 4 is 0 Å². The number of epoxide rings is 1. The third kappa shape index (κ3) is 1.25. The van der Waals surface area contributed by atoms with Crippen molar-refractivity contribution in [2.75, 3.05) is 6.61 Å².